The molecule has 1 saturated carbocycles. The van der Waals surface area contributed by atoms with E-state index in [0.717, 1.165) is 31.4 Å². The molecule has 2 aliphatic rings. The third-order valence-corrected chi connectivity index (χ3v) is 5.16. The van der Waals surface area contributed by atoms with Crippen molar-refractivity contribution in [3.05, 3.63) is 11.8 Å². The highest BCUT2D eigenvalue weighted by atomic mass is 16.2. The first kappa shape index (κ1) is 19.7. The summed E-state index contributed by atoms with van der Waals surface area (Å²) in [6.45, 7) is 8.17. The first-order chi connectivity index (χ1) is 12.7. The first-order valence-corrected chi connectivity index (χ1v) is 9.95. The number of carbonyl (C=O) groups excluding carboxylic acids is 2. The van der Waals surface area contributed by atoms with E-state index in [0.29, 0.717) is 12.2 Å². The summed E-state index contributed by atoms with van der Waals surface area (Å²) in [4.78, 5) is 24.5. The second-order valence-corrected chi connectivity index (χ2v) is 8.78. The van der Waals surface area contributed by atoms with Crippen LogP contribution in [0.3, 0.4) is 0 Å². The van der Waals surface area contributed by atoms with Gasteiger partial charge in [-0.1, -0.05) is 40.0 Å². The van der Waals surface area contributed by atoms with Crippen LogP contribution >= 0.6 is 0 Å². The molecule has 0 spiro atoms. The summed E-state index contributed by atoms with van der Waals surface area (Å²) in [7, 11) is 0. The maximum absolute atomic E-state index is 12.5. The molecule has 8 heteroatoms. The van der Waals surface area contributed by atoms with Crippen molar-refractivity contribution in [2.75, 3.05) is 5.32 Å². The van der Waals surface area contributed by atoms with E-state index in [1.807, 2.05) is 13.0 Å². The summed E-state index contributed by atoms with van der Waals surface area (Å²) >= 11 is 0. The second-order valence-electron chi connectivity index (χ2n) is 8.78. The van der Waals surface area contributed by atoms with Crippen molar-refractivity contribution in [1.82, 2.24) is 25.7 Å². The van der Waals surface area contributed by atoms with Gasteiger partial charge < -0.3 is 10.6 Å². The Morgan fingerprint density at radius 1 is 1.26 bits per heavy atom. The van der Waals surface area contributed by atoms with E-state index in [9.17, 15) is 9.59 Å². The van der Waals surface area contributed by atoms with Gasteiger partial charge in [0, 0.05) is 30.0 Å². The topological polar surface area (TPSA) is 100 Å². The number of anilines is 1. The summed E-state index contributed by atoms with van der Waals surface area (Å²) < 4.78 is 1.66. The van der Waals surface area contributed by atoms with Crippen molar-refractivity contribution in [1.29, 1.82) is 0 Å². The standard InChI is InChI=1S/C19H32N6O2/c1-12-10-16(26)23-17(20-12)25-15(11-14(24-25)19(2,3)4)22-18(27)21-13-8-6-5-7-9-13/h11-13,17,20H,5-10H2,1-4H3,(H,23,26)(H2,21,22,27). The minimum Gasteiger partial charge on any atom is -0.335 e. The predicted molar refractivity (Wildman–Crippen MR) is 104 cm³/mol. The molecule has 3 rings (SSSR count). The average molecular weight is 377 g/mol. The van der Waals surface area contributed by atoms with Crippen LogP contribution < -0.4 is 21.3 Å². The quantitative estimate of drug-likeness (QED) is 0.651. The molecule has 0 aromatic carbocycles. The van der Waals surface area contributed by atoms with Gasteiger partial charge in [-0.2, -0.15) is 5.10 Å². The summed E-state index contributed by atoms with van der Waals surface area (Å²) in [6.07, 6.45) is 5.55. The normalized spacial score (nSPS) is 24.4. The summed E-state index contributed by atoms with van der Waals surface area (Å²) in [5.74, 6) is 0.539. The first-order valence-electron chi connectivity index (χ1n) is 9.95. The molecule has 2 atom stereocenters. The van der Waals surface area contributed by atoms with Crippen molar-refractivity contribution in [3.63, 3.8) is 0 Å². The molecule has 1 aliphatic heterocycles. The fourth-order valence-electron chi connectivity index (χ4n) is 3.63. The lowest BCUT2D eigenvalue weighted by Crippen LogP contribution is -2.52. The molecule has 27 heavy (non-hydrogen) atoms. The third-order valence-electron chi connectivity index (χ3n) is 5.16. The zero-order valence-electron chi connectivity index (χ0n) is 16.8. The number of nitrogens with one attached hydrogen (secondary N) is 4. The Kier molecular flexibility index (Phi) is 5.74. The molecule has 2 fully saturated rings. The molecule has 1 aromatic heterocycles. The maximum atomic E-state index is 12.5. The number of hydrogen-bond acceptors (Lipinski definition) is 4. The average Bonchev–Trinajstić information content (AvgIpc) is 2.99. The molecule has 0 bridgehead atoms. The van der Waals surface area contributed by atoms with Crippen LogP contribution in [0.25, 0.3) is 0 Å². The van der Waals surface area contributed by atoms with Crippen LogP contribution in [-0.4, -0.2) is 33.8 Å². The van der Waals surface area contributed by atoms with Crippen LogP contribution in [0.15, 0.2) is 6.07 Å². The monoisotopic (exact) mass is 376 g/mol. The number of amides is 3. The lowest BCUT2D eigenvalue weighted by molar-refractivity contribution is -0.125. The van der Waals surface area contributed by atoms with Crippen molar-refractivity contribution in [2.24, 2.45) is 0 Å². The van der Waals surface area contributed by atoms with Crippen molar-refractivity contribution in [2.45, 2.75) is 90.0 Å². The van der Waals surface area contributed by atoms with E-state index >= 15 is 0 Å². The number of rotatable bonds is 3. The van der Waals surface area contributed by atoms with Crippen LogP contribution in [0, 0.1) is 0 Å². The van der Waals surface area contributed by atoms with E-state index in [1.165, 1.54) is 6.42 Å². The van der Waals surface area contributed by atoms with Crippen molar-refractivity contribution < 1.29 is 9.59 Å². The summed E-state index contributed by atoms with van der Waals surface area (Å²) in [5.41, 5.74) is 0.677. The van der Waals surface area contributed by atoms with Crippen molar-refractivity contribution in [3.8, 4) is 0 Å². The lowest BCUT2D eigenvalue weighted by Gasteiger charge is -2.30. The minimum absolute atomic E-state index is 0.0309. The largest absolute Gasteiger partial charge is 0.335 e. The van der Waals surface area contributed by atoms with E-state index in [1.54, 1.807) is 4.68 Å². The van der Waals surface area contributed by atoms with Crippen molar-refractivity contribution >= 4 is 17.8 Å². The summed E-state index contributed by atoms with van der Waals surface area (Å²) in [5, 5.41) is 16.9. The number of hydrogen-bond donors (Lipinski definition) is 4. The Bertz CT molecular complexity index is 687. The Balaban J connectivity index is 1.78. The smallest absolute Gasteiger partial charge is 0.320 e. The van der Waals surface area contributed by atoms with Gasteiger partial charge in [0.25, 0.3) is 0 Å². The van der Waals surface area contributed by atoms with Crippen LogP contribution in [0.2, 0.25) is 0 Å². The molecule has 1 saturated heterocycles. The molecule has 1 aromatic rings. The Morgan fingerprint density at radius 3 is 2.59 bits per heavy atom. The van der Waals surface area contributed by atoms with E-state index < -0.39 is 6.29 Å². The lowest BCUT2D eigenvalue weighted by atomic mass is 9.92. The predicted octanol–water partition coefficient (Wildman–Crippen LogP) is 2.59. The van der Waals surface area contributed by atoms with Crippen LogP contribution in [0.5, 0.6) is 0 Å². The molecule has 0 radical (unpaired) electrons. The van der Waals surface area contributed by atoms with Gasteiger partial charge in [0.1, 0.15) is 5.82 Å². The molecule has 8 nitrogen and oxygen atoms in total. The molecule has 3 amide bonds. The minimum atomic E-state index is -0.484. The van der Waals surface area contributed by atoms with Crippen LogP contribution in [0.1, 0.15) is 78.2 Å². The number of carbonyl (C=O) groups is 2. The SMILES string of the molecule is CC1CC(=O)NC(n2nc(C(C)(C)C)cc2NC(=O)NC2CCCCC2)N1. The molecule has 1 aliphatic carbocycles. The van der Waals surface area contributed by atoms with E-state index in [4.69, 9.17) is 0 Å². The molecule has 2 heterocycles. The zero-order valence-corrected chi connectivity index (χ0v) is 16.8. The van der Waals surface area contributed by atoms with Gasteiger partial charge in [0.2, 0.25) is 5.91 Å². The zero-order chi connectivity index (χ0) is 19.6. The molecular weight excluding hydrogens is 344 g/mol. The molecular formula is C19H32N6O2. The highest BCUT2D eigenvalue weighted by molar-refractivity contribution is 5.88. The van der Waals surface area contributed by atoms with Gasteiger partial charge >= 0.3 is 6.03 Å². The fourth-order valence-corrected chi connectivity index (χ4v) is 3.63. The fraction of sp³-hybridized carbons (Fsp3) is 0.737. The second kappa shape index (κ2) is 7.88. The van der Waals surface area contributed by atoms with Gasteiger partial charge in [-0.25, -0.2) is 9.48 Å². The Hall–Kier alpha value is -2.09. The third kappa shape index (κ3) is 5.00. The van der Waals surface area contributed by atoms with Gasteiger partial charge in [-0.15, -0.1) is 0 Å². The summed E-state index contributed by atoms with van der Waals surface area (Å²) in [6, 6.07) is 1.92. The number of aromatic nitrogens is 2. The van der Waals surface area contributed by atoms with Gasteiger partial charge in [0.15, 0.2) is 6.29 Å². The Morgan fingerprint density at radius 2 is 1.96 bits per heavy atom. The van der Waals surface area contributed by atoms with E-state index in [-0.39, 0.29) is 29.4 Å². The molecule has 2 unspecified atom stereocenters. The number of urea groups is 1. The van der Waals surface area contributed by atoms with Gasteiger partial charge in [-0.05, 0) is 19.8 Å². The Labute approximate surface area is 160 Å². The van der Waals surface area contributed by atoms with Gasteiger partial charge in [0.05, 0.1) is 5.69 Å². The van der Waals surface area contributed by atoms with E-state index in [2.05, 4.69) is 47.1 Å². The van der Waals surface area contributed by atoms with Crippen LogP contribution in [-0.2, 0) is 10.2 Å². The highest BCUT2D eigenvalue weighted by Crippen LogP contribution is 2.26. The maximum Gasteiger partial charge on any atom is 0.320 e. The van der Waals surface area contributed by atoms with Crippen LogP contribution in [0.4, 0.5) is 10.6 Å². The highest BCUT2D eigenvalue weighted by Gasteiger charge is 2.29. The molecule has 4 N–H and O–H groups in total. The number of nitrogens with zero attached hydrogens (tertiary/aromatic N) is 2. The van der Waals surface area contributed by atoms with Gasteiger partial charge in [-0.3, -0.25) is 15.4 Å². The molecule has 150 valence electrons.